The van der Waals surface area contributed by atoms with Crippen LogP contribution in [0.1, 0.15) is 47.0 Å². The molecular weight excluding hydrogens is 272 g/mol. The van der Waals surface area contributed by atoms with E-state index in [1.165, 1.54) is 0 Å². The molecule has 1 fully saturated rings. The van der Waals surface area contributed by atoms with Gasteiger partial charge in [0.25, 0.3) is 0 Å². The van der Waals surface area contributed by atoms with Gasteiger partial charge in [0.05, 0.1) is 0 Å². The molecule has 0 radical (unpaired) electrons. The lowest BCUT2D eigenvalue weighted by atomic mass is 9.73. The first-order valence-corrected chi connectivity index (χ1v) is 7.64. The fourth-order valence-corrected chi connectivity index (χ4v) is 2.25. The molecule has 6 heteroatoms. The molecule has 0 saturated heterocycles. The van der Waals surface area contributed by atoms with Gasteiger partial charge in [0.15, 0.2) is 0 Å². The van der Waals surface area contributed by atoms with Crippen molar-refractivity contribution >= 4 is 12.0 Å². The highest BCUT2D eigenvalue weighted by atomic mass is 16.6. The Morgan fingerprint density at radius 1 is 1.19 bits per heavy atom. The summed E-state index contributed by atoms with van der Waals surface area (Å²) in [6.07, 6.45) is 2.27. The Labute approximate surface area is 126 Å². The van der Waals surface area contributed by atoms with Crippen LogP contribution in [0.15, 0.2) is 0 Å². The number of hydrogen-bond donors (Lipinski definition) is 2. The Morgan fingerprint density at radius 3 is 2.43 bits per heavy atom. The molecule has 1 saturated carbocycles. The second-order valence-electron chi connectivity index (χ2n) is 6.43. The maximum absolute atomic E-state index is 11.7. The van der Waals surface area contributed by atoms with Gasteiger partial charge >= 0.3 is 6.09 Å². The first kappa shape index (κ1) is 17.8. The van der Waals surface area contributed by atoms with Gasteiger partial charge < -0.3 is 20.1 Å². The molecule has 0 atom stereocenters. The fraction of sp³-hybridized carbons (Fsp3) is 0.867. The van der Waals surface area contributed by atoms with E-state index in [0.29, 0.717) is 19.1 Å². The standard InChI is InChI=1S/C15H28N2O4/c1-5-20-10-17-13(18)12-8-11(9-12)6-7-16-14(19)21-15(2,3)4/h11-12H,5-10H2,1-4H3,(H,16,19)(H,17,18). The largest absolute Gasteiger partial charge is 0.444 e. The van der Waals surface area contributed by atoms with Crippen LogP contribution in [-0.2, 0) is 14.3 Å². The minimum absolute atomic E-state index is 0.0693. The van der Waals surface area contributed by atoms with E-state index in [2.05, 4.69) is 10.6 Å². The number of carbonyl (C=O) groups excluding carboxylic acids is 2. The van der Waals surface area contributed by atoms with Crippen molar-refractivity contribution in [2.24, 2.45) is 11.8 Å². The second-order valence-corrected chi connectivity index (χ2v) is 6.43. The molecule has 6 nitrogen and oxygen atoms in total. The fourth-order valence-electron chi connectivity index (χ4n) is 2.25. The summed E-state index contributed by atoms with van der Waals surface area (Å²) in [4.78, 5) is 23.2. The molecular formula is C15H28N2O4. The van der Waals surface area contributed by atoms with E-state index in [1.807, 2.05) is 27.7 Å². The average molecular weight is 300 g/mol. The number of nitrogens with one attached hydrogen (secondary N) is 2. The van der Waals surface area contributed by atoms with E-state index in [4.69, 9.17) is 9.47 Å². The molecule has 2 amide bonds. The van der Waals surface area contributed by atoms with Gasteiger partial charge in [-0.15, -0.1) is 0 Å². The Balaban J connectivity index is 2.05. The summed E-state index contributed by atoms with van der Waals surface area (Å²) in [5.74, 6) is 0.666. The molecule has 0 heterocycles. The van der Waals surface area contributed by atoms with E-state index < -0.39 is 5.60 Å². The molecule has 0 unspecified atom stereocenters. The minimum Gasteiger partial charge on any atom is -0.444 e. The van der Waals surface area contributed by atoms with Gasteiger partial charge in [-0.25, -0.2) is 4.79 Å². The monoisotopic (exact) mass is 300 g/mol. The maximum Gasteiger partial charge on any atom is 0.407 e. The lowest BCUT2D eigenvalue weighted by molar-refractivity contribution is -0.130. The first-order valence-electron chi connectivity index (χ1n) is 7.64. The molecule has 1 rings (SSSR count). The molecule has 0 bridgehead atoms. The zero-order valence-electron chi connectivity index (χ0n) is 13.5. The van der Waals surface area contributed by atoms with Crippen LogP contribution < -0.4 is 10.6 Å². The summed E-state index contributed by atoms with van der Waals surface area (Å²) < 4.78 is 10.2. The molecule has 0 aromatic heterocycles. The Bertz CT molecular complexity index is 346. The number of rotatable bonds is 7. The number of ether oxygens (including phenoxy) is 2. The van der Waals surface area contributed by atoms with Crippen LogP contribution in [0.3, 0.4) is 0 Å². The van der Waals surface area contributed by atoms with E-state index in [-0.39, 0.29) is 24.6 Å². The van der Waals surface area contributed by atoms with Gasteiger partial charge in [-0.2, -0.15) is 0 Å². The zero-order valence-corrected chi connectivity index (χ0v) is 13.5. The van der Waals surface area contributed by atoms with Gasteiger partial charge in [0.2, 0.25) is 5.91 Å². The quantitative estimate of drug-likeness (QED) is 0.557. The molecule has 0 aliphatic heterocycles. The smallest absolute Gasteiger partial charge is 0.407 e. The minimum atomic E-state index is -0.468. The van der Waals surface area contributed by atoms with Crippen molar-refractivity contribution in [1.82, 2.24) is 10.6 Å². The molecule has 0 spiro atoms. The first-order chi connectivity index (χ1) is 9.81. The van der Waals surface area contributed by atoms with Gasteiger partial charge in [-0.3, -0.25) is 4.79 Å². The molecule has 122 valence electrons. The number of alkyl carbamates (subject to hydrolysis) is 1. The predicted molar refractivity (Wildman–Crippen MR) is 79.7 cm³/mol. The van der Waals surface area contributed by atoms with Crippen molar-refractivity contribution in [3.8, 4) is 0 Å². The SMILES string of the molecule is CCOCNC(=O)C1CC(CCNC(=O)OC(C)(C)C)C1. The number of amides is 2. The van der Waals surface area contributed by atoms with E-state index in [1.54, 1.807) is 0 Å². The number of hydrogen-bond acceptors (Lipinski definition) is 4. The summed E-state index contributed by atoms with van der Waals surface area (Å²) in [6, 6.07) is 0. The topological polar surface area (TPSA) is 76.7 Å². The Hall–Kier alpha value is -1.30. The normalized spacial score (nSPS) is 21.3. The highest BCUT2D eigenvalue weighted by Crippen LogP contribution is 2.35. The predicted octanol–water partition coefficient (Wildman–Crippen LogP) is 2.04. The van der Waals surface area contributed by atoms with E-state index >= 15 is 0 Å². The van der Waals surface area contributed by atoms with Crippen molar-refractivity contribution in [1.29, 1.82) is 0 Å². The van der Waals surface area contributed by atoms with Crippen LogP contribution in [0.5, 0.6) is 0 Å². The van der Waals surface area contributed by atoms with Crippen molar-refractivity contribution in [2.45, 2.75) is 52.6 Å². The van der Waals surface area contributed by atoms with Crippen LogP contribution in [0, 0.1) is 11.8 Å². The summed E-state index contributed by atoms with van der Waals surface area (Å²) in [7, 11) is 0. The van der Waals surface area contributed by atoms with Gasteiger partial charge in [0.1, 0.15) is 12.3 Å². The highest BCUT2D eigenvalue weighted by Gasteiger charge is 2.33. The number of carbonyl (C=O) groups is 2. The van der Waals surface area contributed by atoms with Crippen molar-refractivity contribution in [3.05, 3.63) is 0 Å². The lowest BCUT2D eigenvalue weighted by Gasteiger charge is -2.34. The third kappa shape index (κ3) is 7.32. The third-order valence-electron chi connectivity index (χ3n) is 3.38. The van der Waals surface area contributed by atoms with Crippen molar-refractivity contribution in [2.75, 3.05) is 19.9 Å². The lowest BCUT2D eigenvalue weighted by Crippen LogP contribution is -2.41. The van der Waals surface area contributed by atoms with Crippen LogP contribution >= 0.6 is 0 Å². The van der Waals surface area contributed by atoms with Crippen molar-refractivity contribution in [3.63, 3.8) is 0 Å². The second kappa shape index (κ2) is 8.22. The summed E-state index contributed by atoms with van der Waals surface area (Å²) in [5.41, 5.74) is -0.468. The Morgan fingerprint density at radius 2 is 1.86 bits per heavy atom. The van der Waals surface area contributed by atoms with Crippen LogP contribution in [-0.4, -0.2) is 37.5 Å². The molecule has 2 N–H and O–H groups in total. The molecule has 1 aliphatic carbocycles. The summed E-state index contributed by atoms with van der Waals surface area (Å²) in [6.45, 7) is 8.88. The molecule has 0 aromatic rings. The van der Waals surface area contributed by atoms with Crippen molar-refractivity contribution < 1.29 is 19.1 Å². The van der Waals surface area contributed by atoms with E-state index in [9.17, 15) is 9.59 Å². The van der Waals surface area contributed by atoms with Crippen LogP contribution in [0.4, 0.5) is 4.79 Å². The zero-order chi connectivity index (χ0) is 15.9. The maximum atomic E-state index is 11.7. The average Bonchev–Trinajstić information content (AvgIpc) is 2.29. The molecule has 21 heavy (non-hydrogen) atoms. The van der Waals surface area contributed by atoms with Crippen LogP contribution in [0.2, 0.25) is 0 Å². The van der Waals surface area contributed by atoms with Gasteiger partial charge in [-0.1, -0.05) is 0 Å². The summed E-state index contributed by atoms with van der Waals surface area (Å²) in [5, 5.41) is 5.50. The van der Waals surface area contributed by atoms with Crippen LogP contribution in [0.25, 0.3) is 0 Å². The third-order valence-corrected chi connectivity index (χ3v) is 3.38. The van der Waals surface area contributed by atoms with E-state index in [0.717, 1.165) is 19.3 Å². The van der Waals surface area contributed by atoms with Gasteiger partial charge in [0, 0.05) is 19.1 Å². The molecule has 0 aromatic carbocycles. The Kier molecular flexibility index (Phi) is 6.95. The van der Waals surface area contributed by atoms with Gasteiger partial charge in [-0.05, 0) is 52.9 Å². The highest BCUT2D eigenvalue weighted by molar-refractivity contribution is 5.79. The summed E-state index contributed by atoms with van der Waals surface area (Å²) >= 11 is 0. The molecule has 1 aliphatic rings.